The first-order valence-electron chi connectivity index (χ1n) is 15.3. The van der Waals surface area contributed by atoms with Crippen LogP contribution in [0.15, 0.2) is 78.9 Å². The number of allylic oxidation sites excluding steroid dienone is 1. The standard InChI is InChI=1S/C36H42N2O6/c1-37-22-7-24-38(36(37)43)23-5-2-6-25-44-33-9-4-3-8-30(33)17-14-28(26-29-15-20-32(21-16-29)35(41)42)11-10-27-12-18-31(19-13-27)34(39)40/h3-4,8-9,12-21,28H,2,5-7,10-11,22-26H2,1H3,(H,39,40)(H,41,42)/b17-14+. The maximum absolute atomic E-state index is 12.2. The fourth-order valence-electron chi connectivity index (χ4n) is 5.41. The Balaban J connectivity index is 1.35. The summed E-state index contributed by atoms with van der Waals surface area (Å²) in [6.45, 7) is 3.06. The van der Waals surface area contributed by atoms with Gasteiger partial charge in [-0.2, -0.15) is 0 Å². The summed E-state index contributed by atoms with van der Waals surface area (Å²) in [5.74, 6) is -0.899. The minimum atomic E-state index is -0.945. The molecule has 1 unspecified atom stereocenters. The van der Waals surface area contributed by atoms with Crippen molar-refractivity contribution in [3.05, 3.63) is 107 Å². The fraction of sp³-hybridized carbons (Fsp3) is 0.361. The SMILES string of the molecule is CN1CCCN(CCCCCOc2ccccc2/C=C/C(CCc2ccc(C(=O)O)cc2)Cc2ccc(C(=O)O)cc2)C1=O. The minimum absolute atomic E-state index is 0.125. The highest BCUT2D eigenvalue weighted by Crippen LogP contribution is 2.24. The number of hydrogen-bond acceptors (Lipinski definition) is 4. The van der Waals surface area contributed by atoms with Crippen LogP contribution in [0.4, 0.5) is 4.79 Å². The highest BCUT2D eigenvalue weighted by atomic mass is 16.5. The molecule has 0 saturated carbocycles. The number of para-hydroxylation sites is 1. The first-order valence-corrected chi connectivity index (χ1v) is 15.3. The molecule has 0 aromatic heterocycles. The number of carboxylic acids is 2. The monoisotopic (exact) mass is 598 g/mol. The Labute approximate surface area is 259 Å². The number of unbranched alkanes of at least 4 members (excludes halogenated alkanes) is 2. The van der Waals surface area contributed by atoms with E-state index in [1.165, 1.54) is 0 Å². The van der Waals surface area contributed by atoms with Crippen LogP contribution < -0.4 is 4.74 Å². The van der Waals surface area contributed by atoms with Crippen LogP contribution in [0.5, 0.6) is 5.75 Å². The smallest absolute Gasteiger partial charge is 0.335 e. The van der Waals surface area contributed by atoms with E-state index in [2.05, 4.69) is 12.2 Å². The number of ether oxygens (including phenoxy) is 1. The van der Waals surface area contributed by atoms with E-state index < -0.39 is 11.9 Å². The molecule has 3 aromatic carbocycles. The molecule has 2 amide bonds. The van der Waals surface area contributed by atoms with Crippen LogP contribution >= 0.6 is 0 Å². The van der Waals surface area contributed by atoms with Crippen molar-refractivity contribution in [3.63, 3.8) is 0 Å². The van der Waals surface area contributed by atoms with E-state index in [1.54, 1.807) is 29.2 Å². The van der Waals surface area contributed by atoms with Crippen LogP contribution in [0.25, 0.3) is 6.08 Å². The predicted molar refractivity (Wildman–Crippen MR) is 171 cm³/mol. The quantitative estimate of drug-likeness (QED) is 0.174. The number of benzene rings is 3. The summed E-state index contributed by atoms with van der Waals surface area (Å²) in [5.41, 5.74) is 3.64. The molecule has 1 aliphatic heterocycles. The van der Waals surface area contributed by atoms with Gasteiger partial charge in [0.05, 0.1) is 17.7 Å². The van der Waals surface area contributed by atoms with Gasteiger partial charge >= 0.3 is 18.0 Å². The van der Waals surface area contributed by atoms with Gasteiger partial charge in [-0.05, 0) is 92.3 Å². The van der Waals surface area contributed by atoms with Gasteiger partial charge in [0, 0.05) is 32.2 Å². The maximum Gasteiger partial charge on any atom is 0.335 e. The number of urea groups is 1. The van der Waals surface area contributed by atoms with Gasteiger partial charge in [-0.1, -0.05) is 54.6 Å². The van der Waals surface area contributed by atoms with Crippen molar-refractivity contribution in [2.24, 2.45) is 5.92 Å². The van der Waals surface area contributed by atoms with Crippen LogP contribution in [0.2, 0.25) is 0 Å². The molecule has 0 bridgehead atoms. The van der Waals surface area contributed by atoms with Crippen molar-refractivity contribution in [1.29, 1.82) is 0 Å². The lowest BCUT2D eigenvalue weighted by molar-refractivity contribution is 0.0686. The van der Waals surface area contributed by atoms with Gasteiger partial charge < -0.3 is 24.7 Å². The number of nitrogens with zero attached hydrogens (tertiary/aromatic N) is 2. The van der Waals surface area contributed by atoms with E-state index in [4.69, 9.17) is 4.74 Å². The van der Waals surface area contributed by atoms with Crippen LogP contribution in [0.1, 0.15) is 69.5 Å². The molecule has 1 fully saturated rings. The molecule has 8 heteroatoms. The topological polar surface area (TPSA) is 107 Å². The third kappa shape index (κ3) is 9.73. The van der Waals surface area contributed by atoms with Crippen LogP contribution in [0, 0.1) is 5.92 Å². The molecule has 4 rings (SSSR count). The average Bonchev–Trinajstić information content (AvgIpc) is 3.03. The minimum Gasteiger partial charge on any atom is -0.493 e. The predicted octanol–water partition coefficient (Wildman–Crippen LogP) is 6.89. The molecule has 2 N–H and O–H groups in total. The van der Waals surface area contributed by atoms with Gasteiger partial charge in [0.25, 0.3) is 0 Å². The highest BCUT2D eigenvalue weighted by molar-refractivity contribution is 5.88. The van der Waals surface area contributed by atoms with E-state index >= 15 is 0 Å². The number of rotatable bonds is 16. The van der Waals surface area contributed by atoms with Crippen molar-refractivity contribution < 1.29 is 29.3 Å². The number of carboxylic acid groups (broad SMARTS) is 2. The lowest BCUT2D eigenvalue weighted by atomic mass is 9.91. The lowest BCUT2D eigenvalue weighted by Crippen LogP contribution is -2.47. The lowest BCUT2D eigenvalue weighted by Gasteiger charge is -2.33. The zero-order valence-corrected chi connectivity index (χ0v) is 25.4. The van der Waals surface area contributed by atoms with Crippen molar-refractivity contribution in [2.75, 3.05) is 33.3 Å². The van der Waals surface area contributed by atoms with E-state index in [0.717, 1.165) is 87.0 Å². The molecule has 0 radical (unpaired) electrons. The summed E-state index contributed by atoms with van der Waals surface area (Å²) in [5, 5.41) is 18.5. The Morgan fingerprint density at radius 2 is 1.52 bits per heavy atom. The number of carbonyl (C=O) groups is 3. The average molecular weight is 599 g/mol. The van der Waals surface area contributed by atoms with E-state index in [1.807, 2.05) is 60.5 Å². The molecule has 1 atom stereocenters. The number of hydrogen-bond donors (Lipinski definition) is 2. The van der Waals surface area contributed by atoms with Crippen molar-refractivity contribution in [3.8, 4) is 5.75 Å². The summed E-state index contributed by atoms with van der Waals surface area (Å²) in [4.78, 5) is 38.5. The summed E-state index contributed by atoms with van der Waals surface area (Å²) < 4.78 is 6.17. The van der Waals surface area contributed by atoms with Crippen molar-refractivity contribution in [1.82, 2.24) is 9.80 Å². The van der Waals surface area contributed by atoms with Gasteiger partial charge in [0.15, 0.2) is 0 Å². The normalized spacial score (nSPS) is 14.2. The van der Waals surface area contributed by atoms with Gasteiger partial charge in [-0.25, -0.2) is 14.4 Å². The molecule has 0 spiro atoms. The van der Waals surface area contributed by atoms with Crippen molar-refractivity contribution in [2.45, 2.75) is 44.9 Å². The molecule has 232 valence electrons. The Bertz CT molecular complexity index is 1420. The molecule has 44 heavy (non-hydrogen) atoms. The molecule has 1 aliphatic rings. The number of carbonyl (C=O) groups excluding carboxylic acids is 1. The fourth-order valence-corrected chi connectivity index (χ4v) is 5.41. The third-order valence-corrected chi connectivity index (χ3v) is 8.02. The molecule has 8 nitrogen and oxygen atoms in total. The maximum atomic E-state index is 12.2. The van der Waals surface area contributed by atoms with Crippen LogP contribution in [-0.4, -0.2) is 71.3 Å². The highest BCUT2D eigenvalue weighted by Gasteiger charge is 2.21. The third-order valence-electron chi connectivity index (χ3n) is 8.02. The number of amides is 2. The van der Waals surface area contributed by atoms with Crippen LogP contribution in [0.3, 0.4) is 0 Å². The Hall–Kier alpha value is -4.59. The van der Waals surface area contributed by atoms with E-state index in [9.17, 15) is 24.6 Å². The Morgan fingerprint density at radius 1 is 0.864 bits per heavy atom. The Kier molecular flexibility index (Phi) is 12.0. The summed E-state index contributed by atoms with van der Waals surface area (Å²) in [6, 6.07) is 22.1. The molecule has 1 saturated heterocycles. The number of aryl methyl sites for hydroxylation is 1. The molecule has 0 aliphatic carbocycles. The summed E-state index contributed by atoms with van der Waals surface area (Å²) >= 11 is 0. The molecule has 1 heterocycles. The number of aromatic carboxylic acids is 2. The van der Waals surface area contributed by atoms with Crippen molar-refractivity contribution >= 4 is 24.0 Å². The van der Waals surface area contributed by atoms with Gasteiger partial charge in [-0.3, -0.25) is 0 Å². The van der Waals surface area contributed by atoms with Gasteiger partial charge in [0.2, 0.25) is 0 Å². The van der Waals surface area contributed by atoms with Gasteiger partial charge in [-0.15, -0.1) is 0 Å². The second-order valence-electron chi connectivity index (χ2n) is 11.4. The second-order valence-corrected chi connectivity index (χ2v) is 11.4. The zero-order valence-electron chi connectivity index (χ0n) is 25.4. The largest absolute Gasteiger partial charge is 0.493 e. The summed E-state index contributed by atoms with van der Waals surface area (Å²) in [7, 11) is 1.86. The second kappa shape index (κ2) is 16.3. The molecular formula is C36H42N2O6. The summed E-state index contributed by atoms with van der Waals surface area (Å²) in [6.07, 6.45) is 10.5. The first kappa shape index (κ1) is 32.3. The van der Waals surface area contributed by atoms with Gasteiger partial charge in [0.1, 0.15) is 5.75 Å². The first-order chi connectivity index (χ1) is 21.3. The Morgan fingerprint density at radius 3 is 2.20 bits per heavy atom. The van der Waals surface area contributed by atoms with E-state index in [0.29, 0.717) is 6.61 Å². The molecule has 3 aromatic rings. The molecular weight excluding hydrogens is 556 g/mol. The van der Waals surface area contributed by atoms with E-state index in [-0.39, 0.29) is 23.1 Å². The van der Waals surface area contributed by atoms with Crippen LogP contribution in [-0.2, 0) is 12.8 Å². The zero-order chi connectivity index (χ0) is 31.3.